The van der Waals surface area contributed by atoms with Crippen LogP contribution in [0.3, 0.4) is 0 Å². The number of rotatable bonds is 7. The number of aryl methyl sites for hydroxylation is 1. The molecule has 7 nitrogen and oxygen atoms in total. The van der Waals surface area contributed by atoms with Gasteiger partial charge < -0.3 is 20.7 Å². The van der Waals surface area contributed by atoms with Crippen molar-refractivity contribution in [3.8, 4) is 5.75 Å². The number of benzene rings is 1. The maximum atomic E-state index is 11.2. The van der Waals surface area contributed by atoms with Crippen molar-refractivity contribution in [3.05, 3.63) is 41.6 Å². The van der Waals surface area contributed by atoms with Crippen LogP contribution in [0.4, 0.5) is 5.82 Å². The molecule has 7 heteroatoms. The molecule has 0 aliphatic carbocycles. The first-order valence-electron chi connectivity index (χ1n) is 8.55. The van der Waals surface area contributed by atoms with Gasteiger partial charge in [-0.1, -0.05) is 12.1 Å². The number of carbonyl (C=O) groups excluding carboxylic acids is 1. The summed E-state index contributed by atoms with van der Waals surface area (Å²) < 4.78 is 7.52. The molecule has 1 aliphatic heterocycles. The zero-order chi connectivity index (χ0) is 17.6. The van der Waals surface area contributed by atoms with Crippen LogP contribution >= 0.6 is 0 Å². The van der Waals surface area contributed by atoms with Crippen LogP contribution in [0.2, 0.25) is 0 Å². The quantitative estimate of drug-likeness (QED) is 0.703. The summed E-state index contributed by atoms with van der Waals surface area (Å²) in [6, 6.07) is 9.89. The molecular formula is C18H25N5O2. The summed E-state index contributed by atoms with van der Waals surface area (Å²) in [5.41, 5.74) is 2.18. The van der Waals surface area contributed by atoms with Crippen LogP contribution < -0.4 is 20.7 Å². The summed E-state index contributed by atoms with van der Waals surface area (Å²) in [5, 5.41) is 14.0. The van der Waals surface area contributed by atoms with E-state index in [1.54, 1.807) is 7.05 Å². The number of nitrogens with zero attached hydrogens (tertiary/aromatic N) is 2. The van der Waals surface area contributed by atoms with Gasteiger partial charge in [0, 0.05) is 45.2 Å². The first-order valence-corrected chi connectivity index (χ1v) is 8.55. The Morgan fingerprint density at radius 3 is 3.16 bits per heavy atom. The van der Waals surface area contributed by atoms with Gasteiger partial charge in [-0.05, 0) is 24.6 Å². The summed E-state index contributed by atoms with van der Waals surface area (Å²) in [4.78, 5) is 11.2. The fraction of sp³-hybridized carbons (Fsp3) is 0.444. The van der Waals surface area contributed by atoms with E-state index in [9.17, 15) is 4.79 Å². The van der Waals surface area contributed by atoms with Gasteiger partial charge in [-0.2, -0.15) is 5.10 Å². The third-order valence-corrected chi connectivity index (χ3v) is 4.21. The molecule has 0 spiro atoms. The average Bonchev–Trinajstić information content (AvgIpc) is 2.99. The summed E-state index contributed by atoms with van der Waals surface area (Å²) in [6.07, 6.45) is 0. The number of ether oxygens (including phenoxy) is 1. The first-order chi connectivity index (χ1) is 12.1. The van der Waals surface area contributed by atoms with Crippen LogP contribution in [0.1, 0.15) is 11.3 Å². The molecule has 0 fully saturated rings. The van der Waals surface area contributed by atoms with Crippen LogP contribution in [-0.2, 0) is 17.9 Å². The third-order valence-electron chi connectivity index (χ3n) is 4.21. The molecule has 1 amide bonds. The summed E-state index contributed by atoms with van der Waals surface area (Å²) in [5.74, 6) is 2.18. The van der Waals surface area contributed by atoms with Gasteiger partial charge in [0.25, 0.3) is 5.91 Å². The number of hydrogen-bond acceptors (Lipinski definition) is 5. The van der Waals surface area contributed by atoms with Crippen LogP contribution in [0.15, 0.2) is 30.3 Å². The molecule has 134 valence electrons. The van der Waals surface area contributed by atoms with Gasteiger partial charge in [-0.25, -0.2) is 4.68 Å². The number of likely N-dealkylation sites (N-methyl/N-ethyl adjacent to an activating group) is 1. The van der Waals surface area contributed by atoms with Crippen molar-refractivity contribution in [1.82, 2.24) is 20.4 Å². The number of amides is 1. The molecule has 0 saturated carbocycles. The fourth-order valence-corrected chi connectivity index (χ4v) is 2.91. The van der Waals surface area contributed by atoms with E-state index in [0.717, 1.165) is 43.3 Å². The second-order valence-electron chi connectivity index (χ2n) is 6.34. The van der Waals surface area contributed by atoms with Gasteiger partial charge in [0.15, 0.2) is 6.61 Å². The Morgan fingerprint density at radius 2 is 2.32 bits per heavy atom. The number of nitrogens with one attached hydrogen (secondary N) is 3. The van der Waals surface area contributed by atoms with E-state index >= 15 is 0 Å². The first kappa shape index (κ1) is 17.3. The maximum absolute atomic E-state index is 11.2. The molecule has 1 aromatic carbocycles. The van der Waals surface area contributed by atoms with Crippen molar-refractivity contribution in [2.45, 2.75) is 20.0 Å². The Labute approximate surface area is 147 Å². The summed E-state index contributed by atoms with van der Waals surface area (Å²) >= 11 is 0. The van der Waals surface area contributed by atoms with Crippen molar-refractivity contribution in [2.24, 2.45) is 5.92 Å². The molecule has 0 saturated heterocycles. The highest BCUT2D eigenvalue weighted by molar-refractivity contribution is 5.77. The smallest absolute Gasteiger partial charge is 0.257 e. The molecule has 2 heterocycles. The lowest BCUT2D eigenvalue weighted by Gasteiger charge is -2.25. The molecular weight excluding hydrogens is 318 g/mol. The number of hydrogen-bond donors (Lipinski definition) is 3. The number of anilines is 1. The van der Waals surface area contributed by atoms with Gasteiger partial charge >= 0.3 is 0 Å². The van der Waals surface area contributed by atoms with E-state index in [0.29, 0.717) is 11.7 Å². The Balaban J connectivity index is 1.45. The number of fused-ring (bicyclic) bond motifs is 1. The average molecular weight is 343 g/mol. The normalized spacial score (nSPS) is 16.0. The molecule has 0 radical (unpaired) electrons. The van der Waals surface area contributed by atoms with E-state index in [1.807, 2.05) is 35.9 Å². The minimum atomic E-state index is -0.137. The minimum absolute atomic E-state index is 0.0345. The molecule has 1 aromatic heterocycles. The molecule has 1 aliphatic rings. The summed E-state index contributed by atoms with van der Waals surface area (Å²) in [6.45, 7) is 5.60. The Bertz CT molecular complexity index is 728. The van der Waals surface area contributed by atoms with Gasteiger partial charge in [0.1, 0.15) is 11.6 Å². The van der Waals surface area contributed by atoms with Crippen LogP contribution in [0.5, 0.6) is 5.75 Å². The van der Waals surface area contributed by atoms with Gasteiger partial charge in [-0.15, -0.1) is 0 Å². The second-order valence-corrected chi connectivity index (χ2v) is 6.34. The highest BCUT2D eigenvalue weighted by atomic mass is 16.5. The molecule has 1 unspecified atom stereocenters. The molecule has 2 aromatic rings. The molecule has 3 rings (SSSR count). The van der Waals surface area contributed by atoms with E-state index < -0.39 is 0 Å². The Kier molecular flexibility index (Phi) is 5.55. The molecule has 1 atom stereocenters. The predicted molar refractivity (Wildman–Crippen MR) is 96.7 cm³/mol. The minimum Gasteiger partial charge on any atom is -0.484 e. The van der Waals surface area contributed by atoms with Crippen LogP contribution in [-0.4, -0.2) is 42.4 Å². The third kappa shape index (κ3) is 4.73. The van der Waals surface area contributed by atoms with Gasteiger partial charge in [0.2, 0.25) is 0 Å². The topological polar surface area (TPSA) is 80.2 Å². The van der Waals surface area contributed by atoms with E-state index in [2.05, 4.69) is 27.1 Å². The lowest BCUT2D eigenvalue weighted by molar-refractivity contribution is -0.122. The largest absolute Gasteiger partial charge is 0.484 e. The lowest BCUT2D eigenvalue weighted by atomic mass is 10.1. The fourth-order valence-electron chi connectivity index (χ4n) is 2.91. The van der Waals surface area contributed by atoms with E-state index in [4.69, 9.17) is 4.74 Å². The van der Waals surface area contributed by atoms with Crippen LogP contribution in [0.25, 0.3) is 0 Å². The van der Waals surface area contributed by atoms with Crippen molar-refractivity contribution < 1.29 is 9.53 Å². The van der Waals surface area contributed by atoms with E-state index in [-0.39, 0.29) is 12.5 Å². The SMILES string of the molecule is CNC(=O)COc1cccc(CNCC2CNc3cc(C)nn3C2)c1. The number of aromatic nitrogens is 2. The highest BCUT2D eigenvalue weighted by Crippen LogP contribution is 2.18. The Morgan fingerprint density at radius 1 is 1.44 bits per heavy atom. The maximum Gasteiger partial charge on any atom is 0.257 e. The highest BCUT2D eigenvalue weighted by Gasteiger charge is 2.18. The second kappa shape index (κ2) is 8.02. The predicted octanol–water partition coefficient (Wildman–Crippen LogP) is 1.15. The van der Waals surface area contributed by atoms with Crippen molar-refractivity contribution in [2.75, 3.05) is 32.1 Å². The standard InChI is InChI=1S/C18H25N5O2/c1-13-6-17-21-10-15(11-23(17)22-13)9-20-8-14-4-3-5-16(7-14)25-12-18(24)19-2/h3-7,15,20-21H,8-12H2,1-2H3,(H,19,24). The monoisotopic (exact) mass is 343 g/mol. The Hall–Kier alpha value is -2.54. The zero-order valence-corrected chi connectivity index (χ0v) is 14.7. The van der Waals surface area contributed by atoms with Crippen molar-refractivity contribution in [1.29, 1.82) is 0 Å². The lowest BCUT2D eigenvalue weighted by Crippen LogP contribution is -2.35. The van der Waals surface area contributed by atoms with Crippen molar-refractivity contribution in [3.63, 3.8) is 0 Å². The molecule has 25 heavy (non-hydrogen) atoms. The van der Waals surface area contributed by atoms with Crippen molar-refractivity contribution >= 4 is 11.7 Å². The molecule has 0 bridgehead atoms. The van der Waals surface area contributed by atoms with Crippen LogP contribution in [0, 0.1) is 12.8 Å². The summed E-state index contributed by atoms with van der Waals surface area (Å²) in [7, 11) is 1.60. The zero-order valence-electron chi connectivity index (χ0n) is 14.7. The number of carbonyl (C=O) groups is 1. The molecule has 3 N–H and O–H groups in total. The van der Waals surface area contributed by atoms with Gasteiger partial charge in [-0.3, -0.25) is 4.79 Å². The van der Waals surface area contributed by atoms with Gasteiger partial charge in [0.05, 0.1) is 5.69 Å². The van der Waals surface area contributed by atoms with E-state index in [1.165, 1.54) is 0 Å².